The van der Waals surface area contributed by atoms with Gasteiger partial charge in [0.05, 0.1) is 5.69 Å². The Bertz CT molecular complexity index is 656. The molecule has 0 aliphatic carbocycles. The van der Waals surface area contributed by atoms with Crippen LogP contribution < -0.4 is 5.32 Å². The van der Waals surface area contributed by atoms with Crippen molar-refractivity contribution < 1.29 is 9.13 Å². The van der Waals surface area contributed by atoms with Gasteiger partial charge in [0, 0.05) is 50.8 Å². The molecule has 4 nitrogen and oxygen atoms in total. The van der Waals surface area contributed by atoms with E-state index < -0.39 is 0 Å². The third kappa shape index (κ3) is 5.25. The molecule has 0 saturated carbocycles. The van der Waals surface area contributed by atoms with Crippen LogP contribution in [0.5, 0.6) is 0 Å². The molecule has 1 aromatic carbocycles. The maximum Gasteiger partial charge on any atom is 0.123 e. The van der Waals surface area contributed by atoms with Crippen molar-refractivity contribution in [2.45, 2.75) is 38.9 Å². The third-order valence-corrected chi connectivity index (χ3v) is 4.57. The zero-order valence-electron chi connectivity index (χ0n) is 14.7. The van der Waals surface area contributed by atoms with Gasteiger partial charge < -0.3 is 10.1 Å². The van der Waals surface area contributed by atoms with E-state index in [1.165, 1.54) is 12.1 Å². The highest BCUT2D eigenvalue weighted by molar-refractivity contribution is 5.42. The number of hydrogen-bond acceptors (Lipinski definition) is 4. The van der Waals surface area contributed by atoms with E-state index in [-0.39, 0.29) is 5.82 Å². The molecule has 0 bridgehead atoms. The van der Waals surface area contributed by atoms with Crippen LogP contribution in [0, 0.1) is 5.82 Å². The lowest BCUT2D eigenvalue weighted by molar-refractivity contribution is 0.0273. The van der Waals surface area contributed by atoms with Crippen LogP contribution in [0.3, 0.4) is 0 Å². The molecule has 1 N–H and O–H groups in total. The van der Waals surface area contributed by atoms with Crippen LogP contribution >= 0.6 is 0 Å². The number of hydrogen-bond donors (Lipinski definition) is 1. The van der Waals surface area contributed by atoms with Crippen LogP contribution in [0.15, 0.2) is 42.6 Å². The van der Waals surface area contributed by atoms with Gasteiger partial charge in [-0.3, -0.25) is 9.88 Å². The van der Waals surface area contributed by atoms with Crippen molar-refractivity contribution >= 4 is 5.69 Å². The van der Waals surface area contributed by atoms with Gasteiger partial charge >= 0.3 is 0 Å². The molecule has 0 unspecified atom stereocenters. The van der Waals surface area contributed by atoms with Crippen molar-refractivity contribution in [2.75, 3.05) is 25.1 Å². The predicted molar refractivity (Wildman–Crippen MR) is 97.9 cm³/mol. The van der Waals surface area contributed by atoms with Gasteiger partial charge in [0.1, 0.15) is 5.82 Å². The molecule has 3 rings (SSSR count). The Morgan fingerprint density at radius 3 is 2.64 bits per heavy atom. The molecule has 0 radical (unpaired) electrons. The predicted octanol–water partition coefficient (Wildman–Crippen LogP) is 3.83. The summed E-state index contributed by atoms with van der Waals surface area (Å²) in [5, 5.41) is 3.34. The summed E-state index contributed by atoms with van der Waals surface area (Å²) >= 11 is 0. The van der Waals surface area contributed by atoms with E-state index in [0.717, 1.165) is 62.6 Å². The summed E-state index contributed by atoms with van der Waals surface area (Å²) in [6.07, 6.45) is 3.90. The summed E-state index contributed by atoms with van der Waals surface area (Å²) in [6, 6.07) is 11.4. The fourth-order valence-corrected chi connectivity index (χ4v) is 3.28. The van der Waals surface area contributed by atoms with Gasteiger partial charge in [-0.1, -0.05) is 12.1 Å². The van der Waals surface area contributed by atoms with E-state index >= 15 is 0 Å². The molecule has 1 aliphatic rings. The highest BCUT2D eigenvalue weighted by Crippen LogP contribution is 2.21. The minimum absolute atomic E-state index is 0.193. The average molecular weight is 343 g/mol. The number of pyridine rings is 1. The Balaban J connectivity index is 1.75. The van der Waals surface area contributed by atoms with Gasteiger partial charge in [-0.05, 0) is 49.6 Å². The number of nitrogens with zero attached hydrogens (tertiary/aromatic N) is 2. The van der Waals surface area contributed by atoms with E-state index in [9.17, 15) is 4.39 Å². The summed E-state index contributed by atoms with van der Waals surface area (Å²) in [5.74, 6) is -0.193. The Morgan fingerprint density at radius 1 is 1.16 bits per heavy atom. The lowest BCUT2D eigenvalue weighted by Gasteiger charge is -2.34. The normalized spacial score (nSPS) is 15.5. The Hall–Kier alpha value is -1.98. The minimum Gasteiger partial charge on any atom is -0.385 e. The number of anilines is 1. The van der Waals surface area contributed by atoms with Crippen molar-refractivity contribution in [3.05, 3.63) is 59.7 Å². The zero-order valence-corrected chi connectivity index (χ0v) is 14.7. The largest absolute Gasteiger partial charge is 0.385 e. The van der Waals surface area contributed by atoms with Gasteiger partial charge in [-0.25, -0.2) is 4.39 Å². The number of benzene rings is 1. The van der Waals surface area contributed by atoms with E-state index in [1.54, 1.807) is 0 Å². The second-order valence-corrected chi connectivity index (χ2v) is 6.44. The van der Waals surface area contributed by atoms with E-state index in [1.807, 2.05) is 24.4 Å². The van der Waals surface area contributed by atoms with Crippen molar-refractivity contribution in [3.63, 3.8) is 0 Å². The maximum atomic E-state index is 13.2. The Labute approximate surface area is 149 Å². The molecule has 0 amide bonds. The maximum absolute atomic E-state index is 13.2. The first-order valence-electron chi connectivity index (χ1n) is 8.99. The molecular formula is C20H26FN3O. The molecule has 1 saturated heterocycles. The van der Waals surface area contributed by atoms with Crippen LogP contribution in [0.25, 0.3) is 0 Å². The molecule has 2 heterocycles. The SMILES string of the molecule is CCNc1ccnc(CN(Cc2ccc(F)cc2)C2CCOCC2)c1. The highest BCUT2D eigenvalue weighted by atomic mass is 19.1. The number of halogens is 1. The summed E-state index contributed by atoms with van der Waals surface area (Å²) in [7, 11) is 0. The molecular weight excluding hydrogens is 317 g/mol. The van der Waals surface area contributed by atoms with Crippen LogP contribution in [-0.4, -0.2) is 35.7 Å². The van der Waals surface area contributed by atoms with Crippen molar-refractivity contribution in [1.82, 2.24) is 9.88 Å². The van der Waals surface area contributed by atoms with Crippen molar-refractivity contribution in [1.29, 1.82) is 0 Å². The zero-order chi connectivity index (χ0) is 17.5. The third-order valence-electron chi connectivity index (χ3n) is 4.57. The van der Waals surface area contributed by atoms with Crippen molar-refractivity contribution in [2.24, 2.45) is 0 Å². The number of rotatable bonds is 7. The second kappa shape index (κ2) is 8.92. The lowest BCUT2D eigenvalue weighted by atomic mass is 10.1. The Kier molecular flexibility index (Phi) is 6.36. The standard InChI is InChI=1S/C20H26FN3O/c1-2-22-18-7-10-23-19(13-18)15-24(20-8-11-25-12-9-20)14-16-3-5-17(21)6-4-16/h3-7,10,13,20H,2,8-9,11-12,14-15H2,1H3,(H,22,23). The fourth-order valence-electron chi connectivity index (χ4n) is 3.28. The highest BCUT2D eigenvalue weighted by Gasteiger charge is 2.22. The van der Waals surface area contributed by atoms with Crippen LogP contribution in [-0.2, 0) is 17.8 Å². The van der Waals surface area contributed by atoms with Crippen LogP contribution in [0.2, 0.25) is 0 Å². The molecule has 2 aromatic rings. The van der Waals surface area contributed by atoms with Crippen LogP contribution in [0.4, 0.5) is 10.1 Å². The molecule has 1 aliphatic heterocycles. The first kappa shape index (κ1) is 17.8. The van der Waals surface area contributed by atoms with Gasteiger partial charge in [-0.2, -0.15) is 0 Å². The molecule has 0 spiro atoms. The quantitative estimate of drug-likeness (QED) is 0.829. The summed E-state index contributed by atoms with van der Waals surface area (Å²) in [6.45, 7) is 6.15. The molecule has 25 heavy (non-hydrogen) atoms. The van der Waals surface area contributed by atoms with E-state index in [2.05, 4.69) is 28.2 Å². The van der Waals surface area contributed by atoms with Gasteiger partial charge in [0.25, 0.3) is 0 Å². The smallest absolute Gasteiger partial charge is 0.123 e. The topological polar surface area (TPSA) is 37.4 Å². The summed E-state index contributed by atoms with van der Waals surface area (Å²) in [4.78, 5) is 6.98. The van der Waals surface area contributed by atoms with E-state index in [0.29, 0.717) is 6.04 Å². The van der Waals surface area contributed by atoms with Gasteiger partial charge in [0.15, 0.2) is 0 Å². The Morgan fingerprint density at radius 2 is 1.92 bits per heavy atom. The molecule has 134 valence electrons. The minimum atomic E-state index is -0.193. The first-order valence-corrected chi connectivity index (χ1v) is 8.99. The number of nitrogens with one attached hydrogen (secondary N) is 1. The molecule has 1 fully saturated rings. The number of ether oxygens (including phenoxy) is 1. The second-order valence-electron chi connectivity index (χ2n) is 6.44. The average Bonchev–Trinajstić information content (AvgIpc) is 2.64. The summed E-state index contributed by atoms with van der Waals surface area (Å²) < 4.78 is 18.7. The molecule has 0 atom stereocenters. The van der Waals surface area contributed by atoms with E-state index in [4.69, 9.17) is 4.74 Å². The van der Waals surface area contributed by atoms with Crippen LogP contribution in [0.1, 0.15) is 31.0 Å². The number of aromatic nitrogens is 1. The fraction of sp³-hybridized carbons (Fsp3) is 0.450. The molecule has 1 aromatic heterocycles. The van der Waals surface area contributed by atoms with Crippen molar-refractivity contribution in [3.8, 4) is 0 Å². The first-order chi connectivity index (χ1) is 12.2. The van der Waals surface area contributed by atoms with Gasteiger partial charge in [-0.15, -0.1) is 0 Å². The monoisotopic (exact) mass is 343 g/mol. The van der Waals surface area contributed by atoms with Gasteiger partial charge in [0.2, 0.25) is 0 Å². The summed E-state index contributed by atoms with van der Waals surface area (Å²) in [5.41, 5.74) is 3.27. The molecule has 5 heteroatoms. The lowest BCUT2D eigenvalue weighted by Crippen LogP contribution is -2.38.